The first-order chi connectivity index (χ1) is 13.7. The molecule has 0 radical (unpaired) electrons. The van der Waals surface area contributed by atoms with Gasteiger partial charge in [0.05, 0.1) is 18.1 Å². The number of carbonyl (C=O) groups is 1. The Hall–Kier alpha value is -3.60. The van der Waals surface area contributed by atoms with E-state index in [0.29, 0.717) is 6.54 Å². The summed E-state index contributed by atoms with van der Waals surface area (Å²) < 4.78 is 7.20. The number of imidazole rings is 1. The Morgan fingerprint density at radius 2 is 1.68 bits per heavy atom. The van der Waals surface area contributed by atoms with Crippen molar-refractivity contribution in [2.45, 2.75) is 13.1 Å². The predicted molar refractivity (Wildman–Crippen MR) is 110 cm³/mol. The van der Waals surface area contributed by atoms with Crippen LogP contribution in [0.3, 0.4) is 0 Å². The second-order valence-corrected chi connectivity index (χ2v) is 6.50. The number of aromatic nitrogens is 2. The quantitative estimate of drug-likeness (QED) is 0.557. The molecule has 1 N–H and O–H groups in total. The minimum Gasteiger partial charge on any atom is -0.497 e. The van der Waals surface area contributed by atoms with Crippen molar-refractivity contribution in [3.8, 4) is 17.1 Å². The second kappa shape index (κ2) is 7.96. The highest BCUT2D eigenvalue weighted by Crippen LogP contribution is 2.26. The van der Waals surface area contributed by atoms with Crippen LogP contribution >= 0.6 is 0 Å². The molecule has 1 aromatic heterocycles. The van der Waals surface area contributed by atoms with Gasteiger partial charge in [-0.1, -0.05) is 42.5 Å². The standard InChI is InChI=1S/C23H21N3O2/c1-28-19-13-11-18(12-14-19)23-25-20-9-5-6-10-21(20)26(23)16-22(27)24-15-17-7-3-2-4-8-17/h2-14H,15-16H2,1H3,(H,24,27). The highest BCUT2D eigenvalue weighted by Gasteiger charge is 2.15. The predicted octanol–water partition coefficient (Wildman–Crippen LogP) is 4.03. The Balaban J connectivity index is 1.62. The van der Waals surface area contributed by atoms with Crippen molar-refractivity contribution in [2.24, 2.45) is 0 Å². The lowest BCUT2D eigenvalue weighted by Gasteiger charge is -2.11. The molecule has 5 nitrogen and oxygen atoms in total. The summed E-state index contributed by atoms with van der Waals surface area (Å²) in [6.07, 6.45) is 0. The number of nitrogens with zero attached hydrogens (tertiary/aromatic N) is 2. The third-order valence-corrected chi connectivity index (χ3v) is 4.64. The van der Waals surface area contributed by atoms with Gasteiger partial charge in [0, 0.05) is 12.1 Å². The molecule has 0 fully saturated rings. The van der Waals surface area contributed by atoms with E-state index in [9.17, 15) is 4.79 Å². The lowest BCUT2D eigenvalue weighted by Crippen LogP contribution is -2.27. The van der Waals surface area contributed by atoms with Crippen LogP contribution in [-0.2, 0) is 17.9 Å². The van der Waals surface area contributed by atoms with E-state index < -0.39 is 0 Å². The van der Waals surface area contributed by atoms with Crippen LogP contribution in [0.15, 0.2) is 78.9 Å². The summed E-state index contributed by atoms with van der Waals surface area (Å²) in [5.74, 6) is 1.49. The molecule has 0 spiro atoms. The van der Waals surface area contributed by atoms with Gasteiger partial charge < -0.3 is 14.6 Å². The monoisotopic (exact) mass is 371 g/mol. The summed E-state index contributed by atoms with van der Waals surface area (Å²) in [6.45, 7) is 0.707. The fourth-order valence-corrected chi connectivity index (χ4v) is 3.19. The number of fused-ring (bicyclic) bond motifs is 1. The molecule has 4 aromatic rings. The Morgan fingerprint density at radius 1 is 0.964 bits per heavy atom. The zero-order chi connectivity index (χ0) is 19.3. The number of amides is 1. The van der Waals surface area contributed by atoms with E-state index in [1.807, 2.05) is 83.4 Å². The molecule has 0 aliphatic heterocycles. The van der Waals surface area contributed by atoms with Gasteiger partial charge in [-0.05, 0) is 42.0 Å². The van der Waals surface area contributed by atoms with Gasteiger partial charge in [0.15, 0.2) is 0 Å². The minimum absolute atomic E-state index is 0.0539. The van der Waals surface area contributed by atoms with Crippen molar-refractivity contribution in [1.82, 2.24) is 14.9 Å². The van der Waals surface area contributed by atoms with Gasteiger partial charge in [-0.25, -0.2) is 4.98 Å². The molecule has 0 saturated carbocycles. The van der Waals surface area contributed by atoms with Crippen LogP contribution in [0, 0.1) is 0 Å². The van der Waals surface area contributed by atoms with E-state index >= 15 is 0 Å². The Bertz CT molecular complexity index is 1090. The Labute approximate surface area is 163 Å². The van der Waals surface area contributed by atoms with Gasteiger partial charge in [-0.2, -0.15) is 0 Å². The number of para-hydroxylation sites is 2. The molecule has 0 bridgehead atoms. The number of nitrogens with one attached hydrogen (secondary N) is 1. The minimum atomic E-state index is -0.0539. The SMILES string of the molecule is COc1ccc(-c2nc3ccccc3n2CC(=O)NCc2ccccc2)cc1. The topological polar surface area (TPSA) is 56.2 Å². The zero-order valence-corrected chi connectivity index (χ0v) is 15.6. The average Bonchev–Trinajstić information content (AvgIpc) is 3.11. The molecule has 0 aliphatic rings. The molecule has 3 aromatic carbocycles. The molecule has 4 rings (SSSR count). The van der Waals surface area contributed by atoms with E-state index in [2.05, 4.69) is 5.32 Å². The van der Waals surface area contributed by atoms with E-state index in [4.69, 9.17) is 9.72 Å². The first-order valence-electron chi connectivity index (χ1n) is 9.15. The molecule has 0 saturated heterocycles. The number of ether oxygens (including phenoxy) is 1. The fourth-order valence-electron chi connectivity index (χ4n) is 3.19. The number of rotatable bonds is 6. The Kier molecular flexibility index (Phi) is 5.06. The largest absolute Gasteiger partial charge is 0.497 e. The molecule has 0 atom stereocenters. The smallest absolute Gasteiger partial charge is 0.240 e. The van der Waals surface area contributed by atoms with Crippen molar-refractivity contribution in [2.75, 3.05) is 7.11 Å². The number of methoxy groups -OCH3 is 1. The summed E-state index contributed by atoms with van der Waals surface area (Å²) in [5, 5.41) is 2.99. The molecule has 1 amide bonds. The number of hydrogen-bond donors (Lipinski definition) is 1. The molecule has 140 valence electrons. The maximum absolute atomic E-state index is 12.6. The van der Waals surface area contributed by atoms with E-state index in [-0.39, 0.29) is 12.5 Å². The van der Waals surface area contributed by atoms with Crippen LogP contribution in [-0.4, -0.2) is 22.6 Å². The summed E-state index contributed by atoms with van der Waals surface area (Å²) >= 11 is 0. The molecular formula is C23H21N3O2. The average molecular weight is 371 g/mol. The summed E-state index contributed by atoms with van der Waals surface area (Å²) in [6, 6.07) is 25.4. The number of hydrogen-bond acceptors (Lipinski definition) is 3. The van der Waals surface area contributed by atoms with Crippen molar-refractivity contribution < 1.29 is 9.53 Å². The van der Waals surface area contributed by atoms with Crippen LogP contribution in [0.25, 0.3) is 22.4 Å². The van der Waals surface area contributed by atoms with Crippen molar-refractivity contribution >= 4 is 16.9 Å². The van der Waals surface area contributed by atoms with Gasteiger partial charge in [0.25, 0.3) is 0 Å². The molecule has 0 aliphatic carbocycles. The molecule has 1 heterocycles. The molecule has 0 unspecified atom stereocenters. The molecule has 28 heavy (non-hydrogen) atoms. The lowest BCUT2D eigenvalue weighted by atomic mass is 10.2. The number of benzene rings is 3. The Morgan fingerprint density at radius 3 is 2.43 bits per heavy atom. The van der Waals surface area contributed by atoms with Gasteiger partial charge >= 0.3 is 0 Å². The first kappa shape index (κ1) is 17.8. The maximum atomic E-state index is 12.6. The van der Waals surface area contributed by atoms with Gasteiger partial charge in [0.1, 0.15) is 18.1 Å². The van der Waals surface area contributed by atoms with E-state index in [0.717, 1.165) is 33.7 Å². The third-order valence-electron chi connectivity index (χ3n) is 4.64. The zero-order valence-electron chi connectivity index (χ0n) is 15.6. The first-order valence-corrected chi connectivity index (χ1v) is 9.15. The number of carbonyl (C=O) groups excluding carboxylic acids is 1. The van der Waals surface area contributed by atoms with E-state index in [1.54, 1.807) is 7.11 Å². The normalized spacial score (nSPS) is 10.8. The second-order valence-electron chi connectivity index (χ2n) is 6.50. The highest BCUT2D eigenvalue weighted by atomic mass is 16.5. The van der Waals surface area contributed by atoms with Gasteiger partial charge in [-0.15, -0.1) is 0 Å². The maximum Gasteiger partial charge on any atom is 0.240 e. The third kappa shape index (κ3) is 3.74. The van der Waals surface area contributed by atoms with Crippen LogP contribution in [0.1, 0.15) is 5.56 Å². The summed E-state index contributed by atoms with van der Waals surface area (Å²) in [4.78, 5) is 17.4. The van der Waals surface area contributed by atoms with Crippen LogP contribution in [0.4, 0.5) is 0 Å². The van der Waals surface area contributed by atoms with Crippen molar-refractivity contribution in [3.05, 3.63) is 84.4 Å². The van der Waals surface area contributed by atoms with Gasteiger partial charge in [-0.3, -0.25) is 4.79 Å². The van der Waals surface area contributed by atoms with Crippen LogP contribution in [0.5, 0.6) is 5.75 Å². The van der Waals surface area contributed by atoms with Crippen molar-refractivity contribution in [3.63, 3.8) is 0 Å². The van der Waals surface area contributed by atoms with Crippen molar-refractivity contribution in [1.29, 1.82) is 0 Å². The summed E-state index contributed by atoms with van der Waals surface area (Å²) in [7, 11) is 1.64. The van der Waals surface area contributed by atoms with Gasteiger partial charge in [0.2, 0.25) is 5.91 Å². The van der Waals surface area contributed by atoms with Crippen LogP contribution in [0.2, 0.25) is 0 Å². The van der Waals surface area contributed by atoms with Crippen LogP contribution < -0.4 is 10.1 Å². The molecule has 5 heteroatoms. The highest BCUT2D eigenvalue weighted by molar-refractivity contribution is 5.84. The molecular weight excluding hydrogens is 350 g/mol. The summed E-state index contributed by atoms with van der Waals surface area (Å²) in [5.41, 5.74) is 3.81. The fraction of sp³-hybridized carbons (Fsp3) is 0.130. The van der Waals surface area contributed by atoms with E-state index in [1.165, 1.54) is 0 Å². The lowest BCUT2D eigenvalue weighted by molar-refractivity contribution is -0.121.